The van der Waals surface area contributed by atoms with Gasteiger partial charge >= 0.3 is 128 Å². The van der Waals surface area contributed by atoms with E-state index in [2.05, 4.69) is 34.0 Å². The number of aliphatic hydroxyl groups is 8. The molecule has 0 unspecified atom stereocenters. The Morgan fingerprint density at radius 3 is 0.785 bits per heavy atom. The molecule has 7 saturated heterocycles. The number of aliphatic carboxylic acids is 4. The lowest BCUT2D eigenvalue weighted by Gasteiger charge is -2.50. The number of hydrogen-bond acceptors (Lipinski definition) is 52. The highest BCUT2D eigenvalue weighted by Crippen LogP contribution is 2.41. The first-order valence-electron chi connectivity index (χ1n) is 31.4. The molecule has 0 bridgehead atoms. The lowest BCUT2D eigenvalue weighted by Crippen LogP contribution is -2.71. The Morgan fingerprint density at radius 2 is 0.529 bits per heavy atom. The summed E-state index contributed by atoms with van der Waals surface area (Å²) in [6.07, 6.45) is -97.2. The van der Waals surface area contributed by atoms with E-state index in [1.165, 1.54) is 0 Å². The fraction of sp³-hybridized carbons (Fsp3) is 0.905. The van der Waals surface area contributed by atoms with E-state index >= 15 is 0 Å². The van der Waals surface area contributed by atoms with Crippen LogP contribution in [-0.2, 0) is 214 Å². The first-order valence-corrected chi connectivity index (χ1v) is 45.3. The molecule has 0 aliphatic carbocycles. The molecule has 25 N–H and O–H groups in total. The lowest BCUT2D eigenvalue weighted by atomic mass is 9.94. The molecule has 69 nitrogen and oxygen atoms in total. The summed E-state index contributed by atoms with van der Waals surface area (Å²) in [6, 6.07) is -9.35. The summed E-state index contributed by atoms with van der Waals surface area (Å²) < 4.78 is 444. The van der Waals surface area contributed by atoms with Gasteiger partial charge in [0.15, 0.2) is 92.9 Å². The van der Waals surface area contributed by atoms with E-state index in [4.69, 9.17) is 56.8 Å². The Balaban J connectivity index is 1.27. The van der Waals surface area contributed by atoms with Gasteiger partial charge in [-0.15, -0.1) is 0 Å². The monoisotopic (exact) mass is 1990 g/mol. The zero-order valence-corrected chi connectivity index (χ0v) is 66.0. The van der Waals surface area contributed by atoms with E-state index in [0.717, 1.165) is 14.2 Å². The third-order valence-corrected chi connectivity index (χ3v) is 21.6. The van der Waals surface area contributed by atoms with E-state index in [-0.39, 0.29) is 0 Å². The second kappa shape index (κ2) is 39.4. The Hall–Kier alpha value is -4.26. The van der Waals surface area contributed by atoms with Crippen molar-refractivity contribution in [3.05, 3.63) is 0 Å². The number of hydrogen-bond donors (Lipinski definition) is 25. The Morgan fingerprint density at radius 1 is 0.281 bits per heavy atom. The van der Waals surface area contributed by atoms with Crippen LogP contribution in [-0.4, -0.2) is 443 Å². The molecule has 0 aromatic rings. The van der Waals surface area contributed by atoms with Gasteiger partial charge in [0, 0.05) is 6.42 Å². The van der Waals surface area contributed by atoms with E-state index in [0.29, 0.717) is 0 Å². The average molecular weight is 1990 g/mol. The summed E-state index contributed by atoms with van der Waals surface area (Å²) in [7, 11) is -60.5. The van der Waals surface area contributed by atoms with Crippen molar-refractivity contribution in [1.29, 1.82) is 0 Å². The van der Waals surface area contributed by atoms with E-state index in [1.807, 2.05) is 0 Å². The van der Waals surface area contributed by atoms with Crippen LogP contribution in [0.25, 0.3) is 0 Å². The Bertz CT molecular complexity index is 4890. The van der Waals surface area contributed by atoms with Crippen LogP contribution in [0.4, 0.5) is 0 Å². The molecule has 7 heterocycles. The van der Waals surface area contributed by atoms with Crippen LogP contribution in [0.3, 0.4) is 0 Å². The molecule has 706 valence electrons. The third-order valence-electron chi connectivity index (χ3n) is 16.7. The van der Waals surface area contributed by atoms with Crippen molar-refractivity contribution >= 4 is 128 Å². The van der Waals surface area contributed by atoms with Gasteiger partial charge in [-0.1, -0.05) is 0 Å². The van der Waals surface area contributed by atoms with E-state index in [1.54, 1.807) is 0 Å². The first kappa shape index (κ1) is 104. The minimum absolute atomic E-state index is 1.08. The lowest BCUT2D eigenvalue weighted by molar-refractivity contribution is -0.377. The maximum atomic E-state index is 13.3. The molecule has 0 amide bonds. The molecule has 121 heavy (non-hydrogen) atoms. The number of ether oxygens (including phenoxy) is 13. The zero-order valence-electron chi connectivity index (χ0n) is 57.8. The highest BCUT2D eigenvalue weighted by atomic mass is 32.3. The SMILES string of the molecule is O=C(O)[C@H]1C[C@H](O)[C@H](OS(=O)(=O)O)[C@H](O[C@H]2[C@H](O)[C@@H](NS(=O)(=O)O)[C@@H](O[C@H]3[C@H](O)[C@@H](OS(=O)(=O)O)[C@H](O[C@H]4[C@H](O)[C@@H](NS(=O)(=O)O)[C@@H](O[C@H]5[C@H](O)[C@@H](OS(=O)(=O)O)[C@H](O[C@H]6[C@H](O)[C@@H](NS(=O)(=O)O)[C@@H](O[C@H]7[C@H](O)[C@@H](OS(=O)(=O)O)[C@H](O)O[C@H]7C(=O)O)O[C@@H]6COS(=O)(=O)O)O[C@H]5C(=O)O)O[C@@H]4COS(=O)(=O)O)O[C@H]3C(=O)O)O[C@@H]2COS(=O)(=O)O)O1. The smallest absolute Gasteiger partial charge is 0.397 e. The molecular weight excluding hydrogens is 1920 g/mol. The van der Waals surface area contributed by atoms with Crippen LogP contribution in [0.5, 0.6) is 0 Å². The molecular formula is C42H67N3O66S10. The van der Waals surface area contributed by atoms with Crippen molar-refractivity contribution < 1.29 is 301 Å². The van der Waals surface area contributed by atoms with Crippen LogP contribution in [0.1, 0.15) is 6.42 Å². The fourth-order valence-electron chi connectivity index (χ4n) is 12.1. The number of carbonyl (C=O) groups is 4. The van der Waals surface area contributed by atoms with Crippen LogP contribution in [0, 0.1) is 0 Å². The summed E-state index contributed by atoms with van der Waals surface area (Å²) in [5.41, 5.74) is 0. The van der Waals surface area contributed by atoms with Gasteiger partial charge in [-0.2, -0.15) is 98.3 Å². The minimum Gasteiger partial charge on any atom is -0.479 e. The molecule has 0 aromatic heterocycles. The van der Waals surface area contributed by atoms with Gasteiger partial charge in [0.1, 0.15) is 110 Å². The second-order valence-corrected chi connectivity index (χ2v) is 36.1. The molecule has 34 atom stereocenters. The van der Waals surface area contributed by atoms with Crippen molar-refractivity contribution in [2.45, 2.75) is 215 Å². The topological polar surface area (TPSA) is 1080 Å². The molecule has 79 heteroatoms. The predicted octanol–water partition coefficient (Wildman–Crippen LogP) is -17.9. The summed E-state index contributed by atoms with van der Waals surface area (Å²) in [5.74, 6) is -9.65. The molecule has 0 aromatic carbocycles. The number of carboxylic acid groups (broad SMARTS) is 4. The maximum absolute atomic E-state index is 13.3. The molecule has 7 fully saturated rings. The Labute approximate surface area is 674 Å². The number of rotatable bonds is 39. The summed E-state index contributed by atoms with van der Waals surface area (Å²) >= 11 is 0. The summed E-state index contributed by atoms with van der Waals surface area (Å²) in [6.45, 7) is -5.96. The highest BCUT2D eigenvalue weighted by molar-refractivity contribution is 7.84. The van der Waals surface area contributed by atoms with Gasteiger partial charge in [0.25, 0.3) is 0 Å². The van der Waals surface area contributed by atoms with Crippen molar-refractivity contribution in [2.75, 3.05) is 19.8 Å². The van der Waals surface area contributed by atoms with E-state index in [9.17, 15) is 210 Å². The van der Waals surface area contributed by atoms with Gasteiger partial charge in [-0.05, 0) is 0 Å². The van der Waals surface area contributed by atoms with Crippen molar-refractivity contribution in [2.24, 2.45) is 0 Å². The van der Waals surface area contributed by atoms with Crippen LogP contribution >= 0.6 is 0 Å². The van der Waals surface area contributed by atoms with Crippen LogP contribution in [0.2, 0.25) is 0 Å². The number of carboxylic acids is 4. The van der Waals surface area contributed by atoms with E-state index < -0.39 is 362 Å². The summed E-state index contributed by atoms with van der Waals surface area (Å²) in [5, 5.41) is 132. The second-order valence-electron chi connectivity index (χ2n) is 25.1. The summed E-state index contributed by atoms with van der Waals surface area (Å²) in [4.78, 5) is 50.8. The molecule has 0 radical (unpaired) electrons. The van der Waals surface area contributed by atoms with Gasteiger partial charge in [0.2, 0.25) is 0 Å². The molecule has 0 saturated carbocycles. The normalized spacial score (nSPS) is 39.3. The minimum atomic E-state index is -6.40. The largest absolute Gasteiger partial charge is 0.479 e. The standard InChI is InChI=1S/C42H67N3O66S10/c46-5-1-6(32(53)54)95-40(19(5)108-118(80,81)82)100-20-7(2-92-115(71,72)73)96-38(10(13(20)47)43-112(62,63)64)104-24-17(51)27(110-120(86,87)88)42(106-30(24)34(57)58)102-22-9(4-94-117(77,78)79)98-39(12(15(22)49)45-114(68,69)70)105-25-18(52)28(111-121(89,90)91)41(107-31(25)35(59)60)101-21-8(3-93-116(74,75)76)97-37(11(14(21)48)44-113(65,66)67)103-23-16(50)26(109-119(83,84)85)36(61)99-29(23)33(55)56/h5-31,36-52,61H,1-4H2,(H,53,54)(H,55,56)(H,57,58)(H,59,60)(H,62,63,64)(H,65,66,67)(H,68,69,70)(H,71,72,73)(H,74,75,76)(H,77,78,79)(H,80,81,82)(H,83,84,85)(H,86,87,88)(H,89,90,91)/t5-,6+,7+,8+,9+,10+,11+,12+,13+,14+,15+,16-,17-,18-,19-,20+,21+,22+,23-,24-,25-,26+,27+,28+,29+,30+,31+,36+,37+,38+,39+,40-,41+,42+/m0/s1. The predicted molar refractivity (Wildman–Crippen MR) is 343 cm³/mol. The van der Waals surface area contributed by atoms with Gasteiger partial charge in [-0.3, -0.25) is 45.5 Å². The van der Waals surface area contributed by atoms with Gasteiger partial charge in [-0.25, -0.2) is 48.5 Å². The van der Waals surface area contributed by atoms with Crippen LogP contribution < -0.4 is 14.2 Å². The first-order chi connectivity index (χ1) is 54.8. The van der Waals surface area contributed by atoms with Gasteiger partial charge < -0.3 is 123 Å². The zero-order chi connectivity index (χ0) is 92.0. The molecule has 7 rings (SSSR count). The Kier molecular flexibility index (Phi) is 33.8. The van der Waals surface area contributed by atoms with Gasteiger partial charge in [0.05, 0.1) is 25.9 Å². The molecule has 7 aliphatic heterocycles. The molecule has 7 aliphatic rings. The van der Waals surface area contributed by atoms with Crippen molar-refractivity contribution in [1.82, 2.24) is 14.2 Å². The van der Waals surface area contributed by atoms with Crippen LogP contribution in [0.15, 0.2) is 0 Å². The van der Waals surface area contributed by atoms with Crippen molar-refractivity contribution in [3.8, 4) is 0 Å². The third kappa shape index (κ3) is 29.6. The maximum Gasteiger partial charge on any atom is 0.397 e. The fourth-order valence-corrected chi connectivity index (χ4v) is 16.8. The molecule has 0 spiro atoms. The quantitative estimate of drug-likeness (QED) is 0.0254. The average Bonchev–Trinajstić information content (AvgIpc) is 0.758. The highest BCUT2D eigenvalue weighted by Gasteiger charge is 2.63. The number of aliphatic hydroxyl groups excluding tert-OH is 8. The van der Waals surface area contributed by atoms with Crippen molar-refractivity contribution in [3.63, 3.8) is 0 Å². The number of nitrogens with one attached hydrogen (secondary N) is 3.